The minimum Gasteiger partial charge on any atom is -0.484 e. The van der Waals surface area contributed by atoms with Crippen LogP contribution < -0.4 is 10.1 Å². The molecule has 1 amide bonds. The summed E-state index contributed by atoms with van der Waals surface area (Å²) in [5.41, 5.74) is 0.361. The number of thioether (sulfide) groups is 1. The number of para-hydroxylation sites is 1. The lowest BCUT2D eigenvalue weighted by atomic mass is 10.2. The molecule has 0 radical (unpaired) electrons. The molecular weight excluding hydrogens is 460 g/mol. The molecule has 164 valence electrons. The van der Waals surface area contributed by atoms with Crippen LogP contribution in [0.3, 0.4) is 0 Å². The fourth-order valence-corrected chi connectivity index (χ4v) is 4.48. The summed E-state index contributed by atoms with van der Waals surface area (Å²) in [6, 6.07) is 8.92. The lowest BCUT2D eigenvalue weighted by Crippen LogP contribution is -2.16. The van der Waals surface area contributed by atoms with Gasteiger partial charge in [-0.05, 0) is 24.6 Å². The topological polar surface area (TPSA) is 95.3 Å². The Morgan fingerprint density at radius 3 is 2.77 bits per heavy atom. The highest BCUT2D eigenvalue weighted by molar-refractivity contribution is 7.99. The minimum absolute atomic E-state index is 0.108. The Labute approximate surface area is 192 Å². The zero-order chi connectivity index (χ0) is 22.4. The van der Waals surface area contributed by atoms with Crippen LogP contribution in [0.4, 0.5) is 5.00 Å². The predicted octanol–water partition coefficient (Wildman–Crippen LogP) is 4.19. The van der Waals surface area contributed by atoms with Crippen molar-refractivity contribution in [3.63, 3.8) is 0 Å². The highest BCUT2D eigenvalue weighted by Crippen LogP contribution is 2.30. The van der Waals surface area contributed by atoms with Crippen LogP contribution >= 0.6 is 34.7 Å². The molecule has 31 heavy (non-hydrogen) atoms. The number of ether oxygens (including phenoxy) is 2. The van der Waals surface area contributed by atoms with Crippen molar-refractivity contribution in [3.05, 3.63) is 51.6 Å². The minimum atomic E-state index is -0.477. The van der Waals surface area contributed by atoms with E-state index in [-0.39, 0.29) is 18.3 Å². The van der Waals surface area contributed by atoms with Crippen molar-refractivity contribution in [1.29, 1.82) is 0 Å². The van der Waals surface area contributed by atoms with Gasteiger partial charge in [-0.1, -0.05) is 42.4 Å². The Bertz CT molecular complexity index is 1080. The number of thiophene rings is 1. The molecule has 0 saturated carbocycles. The van der Waals surface area contributed by atoms with Gasteiger partial charge in [-0.3, -0.25) is 4.79 Å². The van der Waals surface area contributed by atoms with E-state index < -0.39 is 5.97 Å². The van der Waals surface area contributed by atoms with Gasteiger partial charge >= 0.3 is 5.97 Å². The normalized spacial score (nSPS) is 10.7. The highest BCUT2D eigenvalue weighted by Gasteiger charge is 2.19. The summed E-state index contributed by atoms with van der Waals surface area (Å²) in [4.78, 5) is 25.4. The number of aromatic nitrogens is 3. The molecule has 0 spiro atoms. The number of nitrogens with one attached hydrogen (secondary N) is 1. The summed E-state index contributed by atoms with van der Waals surface area (Å²) in [5.74, 6) is 0.537. The van der Waals surface area contributed by atoms with Crippen LogP contribution in [0.5, 0.6) is 5.75 Å². The van der Waals surface area contributed by atoms with Gasteiger partial charge in [-0.15, -0.1) is 21.5 Å². The third-order valence-corrected chi connectivity index (χ3v) is 6.77. The summed E-state index contributed by atoms with van der Waals surface area (Å²) >= 11 is 8.69. The summed E-state index contributed by atoms with van der Waals surface area (Å²) in [7, 11) is 3.11. The Kier molecular flexibility index (Phi) is 7.94. The fourth-order valence-electron chi connectivity index (χ4n) is 2.56. The number of carbonyl (C=O) groups excluding carboxylic acids is 2. The highest BCUT2D eigenvalue weighted by atomic mass is 35.5. The molecule has 0 atom stereocenters. The molecule has 0 aliphatic heterocycles. The molecule has 1 N–H and O–H groups in total. The van der Waals surface area contributed by atoms with Crippen LogP contribution in [0.1, 0.15) is 28.0 Å². The van der Waals surface area contributed by atoms with Gasteiger partial charge in [0.05, 0.1) is 23.4 Å². The van der Waals surface area contributed by atoms with E-state index >= 15 is 0 Å². The number of methoxy groups -OCH3 is 1. The molecule has 3 aromatic rings. The van der Waals surface area contributed by atoms with E-state index in [2.05, 4.69) is 15.5 Å². The molecule has 3 rings (SSSR count). The van der Waals surface area contributed by atoms with Crippen LogP contribution in [-0.2, 0) is 29.6 Å². The number of halogens is 1. The number of aryl methyl sites for hydroxylation is 1. The zero-order valence-corrected chi connectivity index (χ0v) is 19.6. The van der Waals surface area contributed by atoms with Crippen LogP contribution in [0.25, 0.3) is 0 Å². The first-order valence-electron chi connectivity index (χ1n) is 9.32. The lowest BCUT2D eigenvalue weighted by Gasteiger charge is -2.08. The average molecular weight is 481 g/mol. The van der Waals surface area contributed by atoms with E-state index in [1.165, 1.54) is 30.2 Å². The van der Waals surface area contributed by atoms with Gasteiger partial charge in [0, 0.05) is 11.9 Å². The summed E-state index contributed by atoms with van der Waals surface area (Å²) in [6.45, 7) is 2.17. The maximum Gasteiger partial charge on any atom is 0.340 e. The van der Waals surface area contributed by atoms with Crippen molar-refractivity contribution >= 4 is 51.6 Å². The lowest BCUT2D eigenvalue weighted by molar-refractivity contribution is -0.113. The number of rotatable bonds is 9. The number of esters is 1. The second-order valence-electron chi connectivity index (χ2n) is 6.31. The van der Waals surface area contributed by atoms with Gasteiger partial charge in [-0.2, -0.15) is 0 Å². The van der Waals surface area contributed by atoms with Crippen molar-refractivity contribution in [2.75, 3.05) is 18.2 Å². The molecule has 2 heterocycles. The maximum atomic E-state index is 12.4. The van der Waals surface area contributed by atoms with Crippen molar-refractivity contribution in [2.24, 2.45) is 7.05 Å². The largest absolute Gasteiger partial charge is 0.484 e. The maximum absolute atomic E-state index is 12.4. The molecule has 0 fully saturated rings. The van der Waals surface area contributed by atoms with Crippen molar-refractivity contribution in [2.45, 2.75) is 25.1 Å². The third-order valence-electron chi connectivity index (χ3n) is 4.24. The molecule has 1 aromatic carbocycles. The first kappa shape index (κ1) is 23.1. The second-order valence-corrected chi connectivity index (χ2v) is 8.80. The summed E-state index contributed by atoms with van der Waals surface area (Å²) in [6.07, 6.45) is 0.761. The van der Waals surface area contributed by atoms with E-state index in [4.69, 9.17) is 21.1 Å². The standard InChI is InChI=1S/C20H21ClN4O4S2/c1-4-12-9-13(19(27)28-3)18(31-12)22-17(26)11-30-20-24-23-16(25(20)2)10-29-15-8-6-5-7-14(15)21/h5-9H,4,10-11H2,1-3H3,(H,22,26). The number of anilines is 1. The van der Waals surface area contributed by atoms with Crippen molar-refractivity contribution in [1.82, 2.24) is 14.8 Å². The SMILES string of the molecule is CCc1cc(C(=O)OC)c(NC(=O)CSc2nnc(COc3ccccc3Cl)n2C)s1. The molecule has 2 aromatic heterocycles. The summed E-state index contributed by atoms with van der Waals surface area (Å²) < 4.78 is 12.2. The third kappa shape index (κ3) is 5.78. The van der Waals surface area contributed by atoms with E-state index in [0.29, 0.717) is 32.3 Å². The number of nitrogens with zero attached hydrogens (tertiary/aromatic N) is 3. The van der Waals surface area contributed by atoms with Crippen LogP contribution in [0, 0.1) is 0 Å². The van der Waals surface area contributed by atoms with Gasteiger partial charge < -0.3 is 19.4 Å². The molecule has 0 aliphatic carbocycles. The summed E-state index contributed by atoms with van der Waals surface area (Å²) in [5, 5.41) is 12.6. The first-order chi connectivity index (χ1) is 14.9. The molecular formula is C20H21ClN4O4S2. The molecule has 8 nitrogen and oxygen atoms in total. The first-order valence-corrected chi connectivity index (χ1v) is 11.5. The van der Waals surface area contributed by atoms with Crippen molar-refractivity contribution < 1.29 is 19.1 Å². The smallest absolute Gasteiger partial charge is 0.340 e. The Morgan fingerprint density at radius 2 is 2.06 bits per heavy atom. The Balaban J connectivity index is 1.58. The van der Waals surface area contributed by atoms with Crippen LogP contribution in [-0.4, -0.2) is 39.5 Å². The van der Waals surface area contributed by atoms with Crippen LogP contribution in [0.2, 0.25) is 5.02 Å². The molecule has 11 heteroatoms. The number of hydrogen-bond donors (Lipinski definition) is 1. The van der Waals surface area contributed by atoms with Gasteiger partial charge in [0.15, 0.2) is 11.0 Å². The molecule has 0 unspecified atom stereocenters. The monoisotopic (exact) mass is 480 g/mol. The van der Waals surface area contributed by atoms with E-state index in [0.717, 1.165) is 11.3 Å². The second kappa shape index (κ2) is 10.7. The fraction of sp³-hybridized carbons (Fsp3) is 0.300. The van der Waals surface area contributed by atoms with E-state index in [1.54, 1.807) is 29.8 Å². The van der Waals surface area contributed by atoms with Crippen molar-refractivity contribution in [3.8, 4) is 5.75 Å². The van der Waals surface area contributed by atoms with E-state index in [9.17, 15) is 9.59 Å². The van der Waals surface area contributed by atoms with Gasteiger partial charge in [0.25, 0.3) is 0 Å². The van der Waals surface area contributed by atoms with Gasteiger partial charge in [-0.25, -0.2) is 4.79 Å². The number of hydrogen-bond acceptors (Lipinski definition) is 8. The quantitative estimate of drug-likeness (QED) is 0.362. The zero-order valence-electron chi connectivity index (χ0n) is 17.2. The Morgan fingerprint density at radius 1 is 1.29 bits per heavy atom. The predicted molar refractivity (Wildman–Crippen MR) is 121 cm³/mol. The number of amides is 1. The van der Waals surface area contributed by atoms with Gasteiger partial charge in [0.1, 0.15) is 17.4 Å². The molecule has 0 saturated heterocycles. The van der Waals surface area contributed by atoms with E-state index in [1.807, 2.05) is 19.1 Å². The molecule has 0 aliphatic rings. The van der Waals surface area contributed by atoms with Crippen LogP contribution in [0.15, 0.2) is 35.5 Å². The van der Waals surface area contributed by atoms with Gasteiger partial charge in [0.2, 0.25) is 5.91 Å². The number of benzene rings is 1. The average Bonchev–Trinajstić information content (AvgIpc) is 3.34. The Hall–Kier alpha value is -2.56. The number of carbonyl (C=O) groups is 2. The molecule has 0 bridgehead atoms.